The lowest BCUT2D eigenvalue weighted by Crippen LogP contribution is -2.42. The molecule has 0 fully saturated rings. The van der Waals surface area contributed by atoms with E-state index in [0.717, 1.165) is 0 Å². The van der Waals surface area contributed by atoms with Crippen LogP contribution in [0.3, 0.4) is 0 Å². The topological polar surface area (TPSA) is 58.6 Å². The molecule has 0 saturated heterocycles. The number of amides is 1. The molecule has 0 aliphatic heterocycles. The normalized spacial score (nSPS) is 13.9. The van der Waals surface area contributed by atoms with Crippen LogP contribution in [-0.4, -0.2) is 29.8 Å². The summed E-state index contributed by atoms with van der Waals surface area (Å²) in [5.41, 5.74) is 0. The van der Waals surface area contributed by atoms with E-state index in [1.807, 2.05) is 0 Å². The minimum absolute atomic E-state index is 0.140. The molecule has 1 rings (SSSR count). The summed E-state index contributed by atoms with van der Waals surface area (Å²) in [6.07, 6.45) is -0.745. The lowest BCUT2D eigenvalue weighted by molar-refractivity contribution is -0.128. The van der Waals surface area contributed by atoms with Crippen LogP contribution < -0.4 is 10.1 Å². The van der Waals surface area contributed by atoms with Gasteiger partial charge in [0, 0.05) is 12.1 Å². The largest absolute Gasteiger partial charge is 0.481 e. The van der Waals surface area contributed by atoms with Gasteiger partial charge in [0.25, 0.3) is 5.91 Å². The molecule has 5 heteroatoms. The Kier molecular flexibility index (Phi) is 4.90. The Bertz CT molecular complexity index is 384. The lowest BCUT2D eigenvalue weighted by atomic mass is 10.3. The number of ether oxygens (including phenoxy) is 1. The highest BCUT2D eigenvalue weighted by atomic mass is 19.1. The molecule has 0 bridgehead atoms. The summed E-state index contributed by atoms with van der Waals surface area (Å²) in [4.78, 5) is 11.6. The Morgan fingerprint density at radius 2 is 2.24 bits per heavy atom. The smallest absolute Gasteiger partial charge is 0.261 e. The van der Waals surface area contributed by atoms with Gasteiger partial charge in [0.1, 0.15) is 11.6 Å². The van der Waals surface area contributed by atoms with Gasteiger partial charge in [-0.1, -0.05) is 6.07 Å². The number of hydrogen-bond acceptors (Lipinski definition) is 3. The van der Waals surface area contributed by atoms with Gasteiger partial charge in [-0.15, -0.1) is 0 Å². The number of halogens is 1. The molecule has 94 valence electrons. The molecule has 1 aromatic rings. The molecule has 0 radical (unpaired) electrons. The summed E-state index contributed by atoms with van der Waals surface area (Å²) in [5.74, 6) is -0.473. The van der Waals surface area contributed by atoms with Crippen LogP contribution in [0, 0.1) is 5.82 Å². The first-order chi connectivity index (χ1) is 8.02. The summed E-state index contributed by atoms with van der Waals surface area (Å²) < 4.78 is 18.1. The van der Waals surface area contributed by atoms with E-state index in [-0.39, 0.29) is 18.6 Å². The number of hydrogen-bond donors (Lipinski definition) is 2. The predicted octanol–water partition coefficient (Wildman–Crippen LogP) is 1.09. The highest BCUT2D eigenvalue weighted by molar-refractivity contribution is 5.80. The van der Waals surface area contributed by atoms with Crippen molar-refractivity contribution in [2.75, 3.05) is 6.61 Å². The molecule has 0 aliphatic carbocycles. The zero-order chi connectivity index (χ0) is 12.8. The summed E-state index contributed by atoms with van der Waals surface area (Å²) in [6, 6.07) is 5.25. The van der Waals surface area contributed by atoms with Gasteiger partial charge in [-0.25, -0.2) is 4.39 Å². The highest BCUT2D eigenvalue weighted by Crippen LogP contribution is 2.13. The van der Waals surface area contributed by atoms with Gasteiger partial charge in [0.15, 0.2) is 6.10 Å². The minimum Gasteiger partial charge on any atom is -0.481 e. The Morgan fingerprint density at radius 3 is 2.82 bits per heavy atom. The standard InChI is InChI=1S/C12H16FNO3/c1-8(7-15)14-12(16)9(2)17-11-5-3-4-10(13)6-11/h3-6,8-9,15H,7H2,1-2H3,(H,14,16)/t8-,9?/m1/s1. The number of aliphatic hydroxyl groups is 1. The number of carbonyl (C=O) groups excluding carboxylic acids is 1. The Morgan fingerprint density at radius 1 is 1.53 bits per heavy atom. The van der Waals surface area contributed by atoms with Crippen molar-refractivity contribution in [3.63, 3.8) is 0 Å². The quantitative estimate of drug-likeness (QED) is 0.811. The maximum Gasteiger partial charge on any atom is 0.261 e. The molecule has 4 nitrogen and oxygen atoms in total. The van der Waals surface area contributed by atoms with Crippen molar-refractivity contribution in [1.82, 2.24) is 5.32 Å². The van der Waals surface area contributed by atoms with Crippen molar-refractivity contribution in [2.24, 2.45) is 0 Å². The van der Waals surface area contributed by atoms with E-state index in [0.29, 0.717) is 5.75 Å². The molecule has 0 aliphatic rings. The number of rotatable bonds is 5. The Balaban J connectivity index is 2.54. The molecule has 0 spiro atoms. The van der Waals surface area contributed by atoms with Crippen molar-refractivity contribution >= 4 is 5.91 Å². The van der Waals surface area contributed by atoms with Crippen LogP contribution in [0.4, 0.5) is 4.39 Å². The van der Waals surface area contributed by atoms with Gasteiger partial charge < -0.3 is 15.2 Å². The zero-order valence-electron chi connectivity index (χ0n) is 9.81. The Labute approximate surface area is 99.4 Å². The predicted molar refractivity (Wildman–Crippen MR) is 61.2 cm³/mol. The third-order valence-electron chi connectivity index (χ3n) is 2.14. The van der Waals surface area contributed by atoms with Crippen molar-refractivity contribution in [1.29, 1.82) is 0 Å². The minimum atomic E-state index is -0.745. The molecule has 0 aromatic heterocycles. The van der Waals surface area contributed by atoms with E-state index in [1.165, 1.54) is 18.2 Å². The molecular weight excluding hydrogens is 225 g/mol. The van der Waals surface area contributed by atoms with E-state index in [2.05, 4.69) is 5.32 Å². The van der Waals surface area contributed by atoms with Crippen LogP contribution >= 0.6 is 0 Å². The third kappa shape index (κ3) is 4.40. The maximum atomic E-state index is 12.9. The van der Waals surface area contributed by atoms with Crippen LogP contribution in [0.5, 0.6) is 5.75 Å². The average Bonchev–Trinajstić information content (AvgIpc) is 2.28. The van der Waals surface area contributed by atoms with Gasteiger partial charge in [-0.3, -0.25) is 4.79 Å². The third-order valence-corrected chi connectivity index (χ3v) is 2.14. The average molecular weight is 241 g/mol. The molecule has 2 N–H and O–H groups in total. The first kappa shape index (κ1) is 13.4. The van der Waals surface area contributed by atoms with Crippen LogP contribution in [-0.2, 0) is 4.79 Å². The zero-order valence-corrected chi connectivity index (χ0v) is 9.81. The van der Waals surface area contributed by atoms with Gasteiger partial charge in [0.2, 0.25) is 0 Å². The fourth-order valence-corrected chi connectivity index (χ4v) is 1.20. The van der Waals surface area contributed by atoms with Crippen molar-refractivity contribution in [3.05, 3.63) is 30.1 Å². The van der Waals surface area contributed by atoms with E-state index < -0.39 is 11.9 Å². The molecule has 1 unspecified atom stereocenters. The lowest BCUT2D eigenvalue weighted by Gasteiger charge is -2.17. The van der Waals surface area contributed by atoms with Gasteiger partial charge in [-0.2, -0.15) is 0 Å². The van der Waals surface area contributed by atoms with Gasteiger partial charge >= 0.3 is 0 Å². The fraction of sp³-hybridized carbons (Fsp3) is 0.417. The molecular formula is C12H16FNO3. The van der Waals surface area contributed by atoms with E-state index in [9.17, 15) is 9.18 Å². The van der Waals surface area contributed by atoms with Gasteiger partial charge in [0.05, 0.1) is 6.61 Å². The van der Waals surface area contributed by atoms with Crippen LogP contribution in [0.2, 0.25) is 0 Å². The van der Waals surface area contributed by atoms with Crippen LogP contribution in [0.1, 0.15) is 13.8 Å². The second kappa shape index (κ2) is 6.20. The van der Waals surface area contributed by atoms with E-state index >= 15 is 0 Å². The first-order valence-corrected chi connectivity index (χ1v) is 5.36. The van der Waals surface area contributed by atoms with Crippen molar-refractivity contribution < 1.29 is 19.0 Å². The summed E-state index contributed by atoms with van der Waals surface area (Å²) in [5, 5.41) is 11.3. The SMILES string of the molecule is CC(Oc1cccc(F)c1)C(=O)N[C@H](C)CO. The molecule has 0 heterocycles. The van der Waals surface area contributed by atoms with Crippen LogP contribution in [0.25, 0.3) is 0 Å². The first-order valence-electron chi connectivity index (χ1n) is 5.36. The molecule has 0 saturated carbocycles. The van der Waals surface area contributed by atoms with Crippen molar-refractivity contribution in [2.45, 2.75) is 26.0 Å². The molecule has 2 atom stereocenters. The number of aliphatic hydroxyl groups excluding tert-OH is 1. The van der Waals surface area contributed by atoms with Crippen molar-refractivity contribution in [3.8, 4) is 5.75 Å². The summed E-state index contributed by atoms with van der Waals surface area (Å²) >= 11 is 0. The fourth-order valence-electron chi connectivity index (χ4n) is 1.20. The summed E-state index contributed by atoms with van der Waals surface area (Å²) in [7, 11) is 0. The van der Waals surface area contributed by atoms with Crippen LogP contribution in [0.15, 0.2) is 24.3 Å². The number of carbonyl (C=O) groups is 1. The second-order valence-electron chi connectivity index (χ2n) is 3.81. The Hall–Kier alpha value is -1.62. The molecule has 17 heavy (non-hydrogen) atoms. The van der Waals surface area contributed by atoms with E-state index in [4.69, 9.17) is 9.84 Å². The summed E-state index contributed by atoms with van der Waals surface area (Å²) in [6.45, 7) is 3.09. The molecule has 1 amide bonds. The monoisotopic (exact) mass is 241 g/mol. The second-order valence-corrected chi connectivity index (χ2v) is 3.81. The highest BCUT2D eigenvalue weighted by Gasteiger charge is 2.16. The number of benzene rings is 1. The molecule has 1 aromatic carbocycles. The maximum absolute atomic E-state index is 12.9. The van der Waals surface area contributed by atoms with Gasteiger partial charge in [-0.05, 0) is 26.0 Å². The van der Waals surface area contributed by atoms with E-state index in [1.54, 1.807) is 19.9 Å². The number of nitrogens with one attached hydrogen (secondary N) is 1.